The van der Waals surface area contributed by atoms with Gasteiger partial charge in [-0.25, -0.2) is 17.1 Å². The molecule has 2 aromatic carbocycles. The third kappa shape index (κ3) is 3.56. The van der Waals surface area contributed by atoms with Crippen LogP contribution in [0.1, 0.15) is 12.8 Å². The predicted molar refractivity (Wildman–Crippen MR) is 93.5 cm³/mol. The summed E-state index contributed by atoms with van der Waals surface area (Å²) in [5, 5.41) is 3.06. The number of benzene rings is 2. The molecule has 0 aliphatic carbocycles. The van der Waals surface area contributed by atoms with Crippen molar-refractivity contribution in [3.63, 3.8) is 0 Å². The van der Waals surface area contributed by atoms with E-state index < -0.39 is 33.7 Å². The van der Waals surface area contributed by atoms with Crippen LogP contribution in [-0.4, -0.2) is 30.6 Å². The van der Waals surface area contributed by atoms with E-state index in [0.29, 0.717) is 15.0 Å². The number of amides is 2. The third-order valence-electron chi connectivity index (χ3n) is 3.95. The summed E-state index contributed by atoms with van der Waals surface area (Å²) in [5.41, 5.74) is 0.429. The third-order valence-corrected chi connectivity index (χ3v) is 6.04. The summed E-state index contributed by atoms with van der Waals surface area (Å²) in [6.45, 7) is 0. The molecule has 1 heterocycles. The van der Waals surface area contributed by atoms with E-state index in [4.69, 9.17) is 11.6 Å². The van der Waals surface area contributed by atoms with Crippen LogP contribution in [0.15, 0.2) is 53.4 Å². The van der Waals surface area contributed by atoms with Crippen LogP contribution in [0.2, 0.25) is 5.02 Å². The van der Waals surface area contributed by atoms with Gasteiger partial charge in [0.2, 0.25) is 11.8 Å². The number of nitrogens with zero attached hydrogens (tertiary/aromatic N) is 1. The molecule has 1 saturated heterocycles. The molecule has 1 aliphatic heterocycles. The lowest BCUT2D eigenvalue weighted by Crippen LogP contribution is -2.45. The highest BCUT2D eigenvalue weighted by Gasteiger charge is 2.44. The molecule has 0 unspecified atom stereocenters. The standard InChI is InChI=1S/C17H14ClFN2O4S/c18-11-1-5-13(6-2-11)20-17(23)15-9-10-16(22)21(15)26(24,25)14-7-3-12(19)4-8-14/h1-8,15H,9-10H2,(H,20,23)/t15-/m0/s1. The highest BCUT2D eigenvalue weighted by Crippen LogP contribution is 2.28. The Morgan fingerprint density at radius 1 is 1.12 bits per heavy atom. The Labute approximate surface area is 154 Å². The van der Waals surface area contributed by atoms with Gasteiger partial charge in [0.15, 0.2) is 0 Å². The maximum absolute atomic E-state index is 13.1. The Morgan fingerprint density at radius 2 is 1.73 bits per heavy atom. The molecular formula is C17H14ClFN2O4S. The second-order valence-corrected chi connectivity index (χ2v) is 7.95. The molecule has 6 nitrogen and oxygen atoms in total. The molecular weight excluding hydrogens is 383 g/mol. The van der Waals surface area contributed by atoms with Gasteiger partial charge in [0.25, 0.3) is 10.0 Å². The minimum atomic E-state index is -4.26. The second kappa shape index (κ2) is 7.05. The first-order chi connectivity index (χ1) is 12.3. The lowest BCUT2D eigenvalue weighted by molar-refractivity contribution is -0.128. The van der Waals surface area contributed by atoms with Gasteiger partial charge in [0.05, 0.1) is 4.90 Å². The van der Waals surface area contributed by atoms with E-state index in [0.717, 1.165) is 24.3 Å². The highest BCUT2D eigenvalue weighted by atomic mass is 35.5. The minimum absolute atomic E-state index is 0.0681. The van der Waals surface area contributed by atoms with Crippen LogP contribution in [-0.2, 0) is 19.6 Å². The Kier molecular flexibility index (Phi) is 4.97. The van der Waals surface area contributed by atoms with Crippen molar-refractivity contribution in [1.29, 1.82) is 0 Å². The molecule has 2 amide bonds. The van der Waals surface area contributed by atoms with Crippen LogP contribution in [0.25, 0.3) is 0 Å². The van der Waals surface area contributed by atoms with E-state index in [1.165, 1.54) is 0 Å². The SMILES string of the molecule is O=C(Nc1ccc(Cl)cc1)[C@@H]1CCC(=O)N1S(=O)(=O)c1ccc(F)cc1. The first-order valence-electron chi connectivity index (χ1n) is 7.68. The fourth-order valence-electron chi connectivity index (χ4n) is 2.68. The largest absolute Gasteiger partial charge is 0.324 e. The fraction of sp³-hybridized carbons (Fsp3) is 0.176. The van der Waals surface area contributed by atoms with Gasteiger partial charge in [0, 0.05) is 17.1 Å². The van der Waals surface area contributed by atoms with Gasteiger partial charge >= 0.3 is 0 Å². The van der Waals surface area contributed by atoms with Crippen molar-refractivity contribution in [3.05, 3.63) is 59.4 Å². The van der Waals surface area contributed by atoms with Crippen molar-refractivity contribution >= 4 is 39.1 Å². The molecule has 9 heteroatoms. The number of sulfonamides is 1. The van der Waals surface area contributed by atoms with Crippen LogP contribution in [0, 0.1) is 5.82 Å². The second-order valence-electron chi connectivity index (χ2n) is 5.70. The molecule has 1 aliphatic rings. The Bertz CT molecular complexity index is 946. The molecule has 2 aromatic rings. The van der Waals surface area contributed by atoms with Crippen molar-refractivity contribution in [3.8, 4) is 0 Å². The minimum Gasteiger partial charge on any atom is -0.324 e. The maximum Gasteiger partial charge on any atom is 0.267 e. The van der Waals surface area contributed by atoms with Crippen molar-refractivity contribution in [2.45, 2.75) is 23.8 Å². The van der Waals surface area contributed by atoms with Crippen molar-refractivity contribution in [2.75, 3.05) is 5.32 Å². The van der Waals surface area contributed by atoms with E-state index in [1.807, 2.05) is 0 Å². The first kappa shape index (κ1) is 18.3. The number of nitrogens with one attached hydrogen (secondary N) is 1. The first-order valence-corrected chi connectivity index (χ1v) is 9.50. The topological polar surface area (TPSA) is 83.6 Å². The molecule has 0 spiro atoms. The van der Waals surface area contributed by atoms with E-state index in [9.17, 15) is 22.4 Å². The summed E-state index contributed by atoms with van der Waals surface area (Å²) in [7, 11) is -4.26. The smallest absolute Gasteiger partial charge is 0.267 e. The zero-order valence-corrected chi connectivity index (χ0v) is 14.9. The molecule has 1 N–H and O–H groups in total. The lowest BCUT2D eigenvalue weighted by Gasteiger charge is -2.23. The van der Waals surface area contributed by atoms with Gasteiger partial charge in [-0.15, -0.1) is 0 Å². The fourth-order valence-corrected chi connectivity index (χ4v) is 4.41. The molecule has 26 heavy (non-hydrogen) atoms. The lowest BCUT2D eigenvalue weighted by atomic mass is 10.2. The Hall–Kier alpha value is -2.45. The van der Waals surface area contributed by atoms with Gasteiger partial charge in [-0.1, -0.05) is 11.6 Å². The molecule has 0 aromatic heterocycles. The summed E-state index contributed by atoms with van der Waals surface area (Å²) < 4.78 is 39.1. The number of hydrogen-bond acceptors (Lipinski definition) is 4. The summed E-state index contributed by atoms with van der Waals surface area (Å²) in [6.07, 6.45) is -0.00217. The van der Waals surface area contributed by atoms with Crippen molar-refractivity contribution in [2.24, 2.45) is 0 Å². The molecule has 1 atom stereocenters. The van der Waals surface area contributed by atoms with Crippen molar-refractivity contribution < 1.29 is 22.4 Å². The Balaban J connectivity index is 1.87. The zero-order chi connectivity index (χ0) is 18.9. The molecule has 0 bridgehead atoms. The summed E-state index contributed by atoms with van der Waals surface area (Å²) >= 11 is 5.78. The Morgan fingerprint density at radius 3 is 2.35 bits per heavy atom. The number of anilines is 1. The highest BCUT2D eigenvalue weighted by molar-refractivity contribution is 7.89. The van der Waals surface area contributed by atoms with Crippen molar-refractivity contribution in [1.82, 2.24) is 4.31 Å². The van der Waals surface area contributed by atoms with E-state index >= 15 is 0 Å². The van der Waals surface area contributed by atoms with E-state index in [-0.39, 0.29) is 17.7 Å². The van der Waals surface area contributed by atoms with Crippen LogP contribution in [0.3, 0.4) is 0 Å². The van der Waals surface area contributed by atoms with E-state index in [2.05, 4.69) is 5.32 Å². The van der Waals surface area contributed by atoms with Gasteiger partial charge in [0.1, 0.15) is 11.9 Å². The number of carbonyl (C=O) groups is 2. The number of halogens is 2. The van der Waals surface area contributed by atoms with Crippen LogP contribution < -0.4 is 5.32 Å². The average molecular weight is 397 g/mol. The van der Waals surface area contributed by atoms with Crippen LogP contribution in [0.4, 0.5) is 10.1 Å². The molecule has 0 radical (unpaired) electrons. The van der Waals surface area contributed by atoms with E-state index in [1.54, 1.807) is 24.3 Å². The number of carbonyl (C=O) groups excluding carboxylic acids is 2. The normalized spacial score (nSPS) is 17.4. The van der Waals surface area contributed by atoms with Crippen LogP contribution >= 0.6 is 11.6 Å². The van der Waals surface area contributed by atoms with Gasteiger partial charge in [-0.2, -0.15) is 0 Å². The molecule has 0 saturated carbocycles. The molecule has 3 rings (SSSR count). The molecule has 1 fully saturated rings. The molecule has 136 valence electrons. The maximum atomic E-state index is 13.1. The van der Waals surface area contributed by atoms with Gasteiger partial charge < -0.3 is 5.32 Å². The van der Waals surface area contributed by atoms with Crippen LogP contribution in [0.5, 0.6) is 0 Å². The van der Waals surface area contributed by atoms with Gasteiger partial charge in [-0.3, -0.25) is 9.59 Å². The average Bonchev–Trinajstić information content (AvgIpc) is 3.00. The monoisotopic (exact) mass is 396 g/mol. The summed E-state index contributed by atoms with van der Waals surface area (Å²) in [6, 6.07) is 9.19. The number of rotatable bonds is 4. The predicted octanol–water partition coefficient (Wildman–Crippen LogP) is 2.80. The summed E-state index contributed by atoms with van der Waals surface area (Å²) in [4.78, 5) is 24.4. The summed E-state index contributed by atoms with van der Waals surface area (Å²) in [5.74, 6) is -1.90. The zero-order valence-electron chi connectivity index (χ0n) is 13.4. The number of hydrogen-bond donors (Lipinski definition) is 1. The quantitative estimate of drug-likeness (QED) is 0.861. The van der Waals surface area contributed by atoms with Gasteiger partial charge in [-0.05, 0) is 55.0 Å².